The van der Waals surface area contributed by atoms with Gasteiger partial charge in [0, 0.05) is 42.4 Å². The monoisotopic (exact) mass is 542 g/mol. The van der Waals surface area contributed by atoms with Gasteiger partial charge in [-0.25, -0.2) is 18.4 Å². The SMILES string of the molecule is Nc1ncc(-c2ccc3nc(N)n(-c4ccc(N5CCOCC5)cc4)c3c2)cc1S(=O)(=O)Nc1cccnc1. The van der Waals surface area contributed by atoms with Crippen molar-refractivity contribution < 1.29 is 13.2 Å². The summed E-state index contributed by atoms with van der Waals surface area (Å²) in [4.78, 5) is 14.8. The zero-order valence-electron chi connectivity index (χ0n) is 20.9. The number of nitrogens with one attached hydrogen (secondary N) is 1. The van der Waals surface area contributed by atoms with E-state index in [0.717, 1.165) is 35.5 Å². The minimum Gasteiger partial charge on any atom is -0.383 e. The first kappa shape index (κ1) is 24.6. The summed E-state index contributed by atoms with van der Waals surface area (Å²) < 4.78 is 36.0. The van der Waals surface area contributed by atoms with Crippen LogP contribution in [0.3, 0.4) is 0 Å². The first-order chi connectivity index (χ1) is 18.9. The van der Waals surface area contributed by atoms with E-state index in [2.05, 4.69) is 36.7 Å². The molecule has 12 heteroatoms. The summed E-state index contributed by atoms with van der Waals surface area (Å²) >= 11 is 0. The van der Waals surface area contributed by atoms with Gasteiger partial charge in [-0.3, -0.25) is 14.3 Å². The molecule has 0 saturated carbocycles. The van der Waals surface area contributed by atoms with Crippen LogP contribution < -0.4 is 21.1 Å². The number of hydrogen-bond acceptors (Lipinski definition) is 9. The number of imidazole rings is 1. The van der Waals surface area contributed by atoms with Gasteiger partial charge in [-0.1, -0.05) is 6.07 Å². The fraction of sp³-hybridized carbons (Fsp3) is 0.148. The first-order valence-corrected chi connectivity index (χ1v) is 13.8. The summed E-state index contributed by atoms with van der Waals surface area (Å²) in [6.07, 6.45) is 4.51. The summed E-state index contributed by atoms with van der Waals surface area (Å²) in [5.74, 6) is 0.242. The number of benzene rings is 2. The Kier molecular flexibility index (Phi) is 6.25. The molecule has 0 spiro atoms. The number of rotatable bonds is 6. The third kappa shape index (κ3) is 4.82. The third-order valence-electron chi connectivity index (χ3n) is 6.58. The Hall–Kier alpha value is -4.68. The van der Waals surface area contributed by atoms with Crippen molar-refractivity contribution in [3.05, 3.63) is 79.3 Å². The van der Waals surface area contributed by atoms with E-state index in [0.29, 0.717) is 35.9 Å². The number of morpholine rings is 1. The largest absolute Gasteiger partial charge is 0.383 e. The maximum absolute atomic E-state index is 13.1. The van der Waals surface area contributed by atoms with E-state index in [9.17, 15) is 8.42 Å². The highest BCUT2D eigenvalue weighted by atomic mass is 32.2. The molecule has 198 valence electrons. The van der Waals surface area contributed by atoms with E-state index >= 15 is 0 Å². The number of nitrogen functional groups attached to an aromatic ring is 2. The topological polar surface area (TPSA) is 154 Å². The van der Waals surface area contributed by atoms with Crippen LogP contribution in [0, 0.1) is 0 Å². The van der Waals surface area contributed by atoms with Crippen molar-refractivity contribution >= 4 is 44.2 Å². The van der Waals surface area contributed by atoms with Crippen LogP contribution in [0.15, 0.2) is 84.1 Å². The lowest BCUT2D eigenvalue weighted by Gasteiger charge is -2.29. The van der Waals surface area contributed by atoms with E-state index in [1.807, 2.05) is 34.9 Å². The molecule has 0 aliphatic carbocycles. The lowest BCUT2D eigenvalue weighted by molar-refractivity contribution is 0.122. The molecule has 0 atom stereocenters. The molecule has 39 heavy (non-hydrogen) atoms. The molecule has 1 fully saturated rings. The highest BCUT2D eigenvalue weighted by Crippen LogP contribution is 2.31. The number of nitrogens with two attached hydrogens (primary N) is 2. The molecule has 5 aromatic rings. The molecule has 0 radical (unpaired) electrons. The van der Waals surface area contributed by atoms with E-state index in [1.165, 1.54) is 12.3 Å². The molecule has 0 unspecified atom stereocenters. The number of ether oxygens (including phenoxy) is 1. The van der Waals surface area contributed by atoms with Gasteiger partial charge < -0.3 is 21.1 Å². The standard InChI is InChI=1S/C27H26N8O3S/c28-26-25(39(36,37)33-20-2-1-9-30-17-20)15-19(16-31-26)18-3-8-23-24(14-18)35(27(29)32-23)22-6-4-21(5-7-22)34-10-12-38-13-11-34/h1-9,14-17,33H,10-13H2,(H2,28,31)(H2,29,32). The zero-order chi connectivity index (χ0) is 27.0. The fourth-order valence-corrected chi connectivity index (χ4v) is 5.79. The minimum atomic E-state index is -4.00. The second-order valence-electron chi connectivity index (χ2n) is 9.08. The van der Waals surface area contributed by atoms with Gasteiger partial charge in [0.25, 0.3) is 10.0 Å². The average Bonchev–Trinajstić information content (AvgIpc) is 3.29. The summed E-state index contributed by atoms with van der Waals surface area (Å²) in [5.41, 5.74) is 17.4. The normalized spacial score (nSPS) is 14.0. The molecule has 0 bridgehead atoms. The molecule has 3 aromatic heterocycles. The molecular formula is C27H26N8O3S. The Morgan fingerprint density at radius 3 is 2.41 bits per heavy atom. The number of anilines is 4. The highest BCUT2D eigenvalue weighted by Gasteiger charge is 2.21. The third-order valence-corrected chi connectivity index (χ3v) is 7.99. The van der Waals surface area contributed by atoms with Crippen molar-refractivity contribution in [2.24, 2.45) is 0 Å². The second kappa shape index (κ2) is 9.89. The predicted octanol–water partition coefficient (Wildman–Crippen LogP) is 3.28. The van der Waals surface area contributed by atoms with Crippen LogP contribution in [-0.2, 0) is 14.8 Å². The lowest BCUT2D eigenvalue weighted by atomic mass is 10.1. The lowest BCUT2D eigenvalue weighted by Crippen LogP contribution is -2.36. The van der Waals surface area contributed by atoms with Crippen LogP contribution in [0.5, 0.6) is 0 Å². The molecule has 0 amide bonds. The van der Waals surface area contributed by atoms with Gasteiger partial charge in [-0.05, 0) is 60.2 Å². The van der Waals surface area contributed by atoms with Crippen LogP contribution in [0.2, 0.25) is 0 Å². The maximum Gasteiger partial charge on any atom is 0.265 e. The summed E-state index contributed by atoms with van der Waals surface area (Å²) in [5, 5.41) is 0. The Morgan fingerprint density at radius 2 is 1.67 bits per heavy atom. The summed E-state index contributed by atoms with van der Waals surface area (Å²) in [6.45, 7) is 3.13. The van der Waals surface area contributed by atoms with E-state index in [4.69, 9.17) is 16.2 Å². The van der Waals surface area contributed by atoms with E-state index < -0.39 is 10.0 Å². The van der Waals surface area contributed by atoms with Crippen molar-refractivity contribution in [1.29, 1.82) is 0 Å². The summed E-state index contributed by atoms with van der Waals surface area (Å²) in [6, 6.07) is 18.5. The molecule has 11 nitrogen and oxygen atoms in total. The Labute approximate surface area is 225 Å². The van der Waals surface area contributed by atoms with Crippen molar-refractivity contribution in [3.8, 4) is 16.8 Å². The van der Waals surface area contributed by atoms with Gasteiger partial charge in [0.2, 0.25) is 5.95 Å². The van der Waals surface area contributed by atoms with Gasteiger partial charge in [-0.15, -0.1) is 0 Å². The van der Waals surface area contributed by atoms with Crippen LogP contribution in [-0.4, -0.2) is 54.2 Å². The molecule has 1 aliphatic heterocycles. The molecular weight excluding hydrogens is 516 g/mol. The van der Waals surface area contributed by atoms with Crippen molar-refractivity contribution in [2.75, 3.05) is 47.4 Å². The van der Waals surface area contributed by atoms with Gasteiger partial charge in [0.15, 0.2) is 0 Å². The number of fused-ring (bicyclic) bond motifs is 1. The van der Waals surface area contributed by atoms with Gasteiger partial charge in [-0.2, -0.15) is 0 Å². The van der Waals surface area contributed by atoms with Gasteiger partial charge >= 0.3 is 0 Å². The number of aromatic nitrogens is 4. The fourth-order valence-electron chi connectivity index (χ4n) is 4.64. The van der Waals surface area contributed by atoms with E-state index in [1.54, 1.807) is 24.5 Å². The van der Waals surface area contributed by atoms with Crippen molar-refractivity contribution in [1.82, 2.24) is 19.5 Å². The van der Waals surface area contributed by atoms with Gasteiger partial charge in [0.1, 0.15) is 10.7 Å². The number of hydrogen-bond donors (Lipinski definition) is 3. The molecule has 6 rings (SSSR count). The van der Waals surface area contributed by atoms with Gasteiger partial charge in [0.05, 0.1) is 36.1 Å². The Bertz CT molecular complexity index is 1750. The van der Waals surface area contributed by atoms with E-state index in [-0.39, 0.29) is 10.7 Å². The molecule has 4 heterocycles. The zero-order valence-corrected chi connectivity index (χ0v) is 21.7. The summed E-state index contributed by atoms with van der Waals surface area (Å²) in [7, 11) is -4.00. The van der Waals surface area contributed by atoms with Crippen LogP contribution in [0.1, 0.15) is 0 Å². The Balaban J connectivity index is 1.36. The molecule has 5 N–H and O–H groups in total. The quantitative estimate of drug-likeness (QED) is 0.293. The molecule has 1 aliphatic rings. The first-order valence-electron chi connectivity index (χ1n) is 12.3. The molecule has 1 saturated heterocycles. The molecule has 2 aromatic carbocycles. The van der Waals surface area contributed by atoms with Crippen molar-refractivity contribution in [3.63, 3.8) is 0 Å². The number of pyridine rings is 2. The van der Waals surface area contributed by atoms with Crippen molar-refractivity contribution in [2.45, 2.75) is 4.90 Å². The highest BCUT2D eigenvalue weighted by molar-refractivity contribution is 7.92. The average molecular weight is 543 g/mol. The smallest absolute Gasteiger partial charge is 0.265 e. The number of sulfonamides is 1. The maximum atomic E-state index is 13.1. The number of nitrogens with zero attached hydrogens (tertiary/aromatic N) is 5. The van der Waals surface area contributed by atoms with Crippen LogP contribution in [0.25, 0.3) is 27.8 Å². The predicted molar refractivity (Wildman–Crippen MR) is 151 cm³/mol. The van der Waals surface area contributed by atoms with Crippen LogP contribution >= 0.6 is 0 Å². The minimum absolute atomic E-state index is 0.106. The Morgan fingerprint density at radius 1 is 0.897 bits per heavy atom. The van der Waals surface area contributed by atoms with Crippen LogP contribution in [0.4, 0.5) is 23.1 Å². The second-order valence-corrected chi connectivity index (χ2v) is 10.7.